The number of hydrogen-bond donors (Lipinski definition) is 2. The summed E-state index contributed by atoms with van der Waals surface area (Å²) in [5, 5.41) is 10.2. The number of ketones is 3. The molecule has 1 aliphatic rings. The molecule has 0 saturated heterocycles. The number of Topliss-reactive ketones (excluding diaryl/α,β-unsaturated/α-hetero) is 3. The number of carbonyl (C=O) groups is 5. The van der Waals surface area contributed by atoms with Crippen molar-refractivity contribution < 1.29 is 24.0 Å². The molecule has 2 heterocycles. The van der Waals surface area contributed by atoms with Crippen molar-refractivity contribution in [3.8, 4) is 0 Å². The first kappa shape index (κ1) is 85.2. The van der Waals surface area contributed by atoms with Crippen LogP contribution in [0.15, 0.2) is 338 Å². The number of hydrogen-bond acceptors (Lipinski definition) is 10. The fourth-order valence-electron chi connectivity index (χ4n) is 12.1. The van der Waals surface area contributed by atoms with Crippen molar-refractivity contribution in [2.24, 2.45) is 10.9 Å². The number of halogens is 5. The summed E-state index contributed by atoms with van der Waals surface area (Å²) < 4.78 is 0. The minimum Gasteiger partial charge on any atom is -0.369 e. The zero-order valence-corrected chi connectivity index (χ0v) is 66.3. The third-order valence-electron chi connectivity index (χ3n) is 17.7. The zero-order chi connectivity index (χ0) is 77.4. The Bertz CT molecular complexity index is 4740. The van der Waals surface area contributed by atoms with E-state index in [9.17, 15) is 24.0 Å². The molecule has 2 amide bonds. The number of carbonyl (C=O) groups excluding carboxylic acids is 5. The summed E-state index contributed by atoms with van der Waals surface area (Å²) in [6.07, 6.45) is 4.91. The number of likely N-dealkylation sites (N-methyl/N-ethyl adjacent to an activating group) is 2. The van der Waals surface area contributed by atoms with Gasteiger partial charge in [-0.3, -0.25) is 44.1 Å². The highest BCUT2D eigenvalue weighted by Gasteiger charge is 2.28. The Kier molecular flexibility index (Phi) is 34.3. The molecule has 0 radical (unpaired) electrons. The molecule has 16 heteroatoms. The number of nitrogens with zero attached hydrogens (tertiary/aromatic N) is 3. The molecule has 1 aliphatic heterocycles. The lowest BCUT2D eigenvalue weighted by molar-refractivity contribution is -0.125. The Hall–Kier alpha value is -10.4. The van der Waals surface area contributed by atoms with E-state index in [1.165, 1.54) is 22.5 Å². The number of imide groups is 1. The van der Waals surface area contributed by atoms with Gasteiger partial charge in [0.15, 0.2) is 17.3 Å². The molecule has 11 aromatic rings. The molecule has 0 bridgehead atoms. The van der Waals surface area contributed by atoms with E-state index in [0.29, 0.717) is 81.4 Å². The van der Waals surface area contributed by atoms with Crippen LogP contribution >= 0.6 is 70.1 Å². The van der Waals surface area contributed by atoms with Crippen molar-refractivity contribution in [2.45, 2.75) is 44.7 Å². The molecule has 3 atom stereocenters. The third kappa shape index (κ3) is 27.3. The van der Waals surface area contributed by atoms with Gasteiger partial charge in [0.1, 0.15) is 5.84 Å². The van der Waals surface area contributed by atoms with Gasteiger partial charge in [-0.25, -0.2) is 0 Å². The molecule has 10 aromatic carbocycles. The van der Waals surface area contributed by atoms with Gasteiger partial charge in [-0.2, -0.15) is 0 Å². The Balaban J connectivity index is 0.000000185. The number of nitrogens with one attached hydrogen (secondary N) is 2. The highest BCUT2D eigenvalue weighted by Crippen LogP contribution is 2.31. The number of benzene rings is 10. The van der Waals surface area contributed by atoms with E-state index >= 15 is 0 Å². The standard InChI is InChI=1S/2C26H26ClNO.C25H21ClN2O.C17H14ClNO2S.ClH/c2*1-20(18-28(2)19-22-9-5-3-6-10-22)26(29)25(23-11-7-4-8-12-23)17-21-13-15-24(27)16-14-21;26-22-13-11-18(12-14-22)15-23(19-7-3-1-4-8-19)24(29)21-16-27-25(28-17-21)20-9-5-2-6-10-20;1-11(2)16(20)19-17(21)14(15-4-3-9-22-15)10-12-5-7-13(18)8-6-12;/h2*3-16,25H,1,17-19H2,2H3;1-15,21H,16-17H2,(H,27,28);3-10H,1H2,2H3,(H,19,20,21);1H/b;;23-15+;14-10+;. The smallest absolute Gasteiger partial charge is 0.259 e. The van der Waals surface area contributed by atoms with Crippen molar-refractivity contribution in [2.75, 3.05) is 40.3 Å². The second-order valence-corrected chi connectivity index (χ2v) is 29.2. The molecule has 10 nitrogen and oxygen atoms in total. The van der Waals surface area contributed by atoms with Crippen molar-refractivity contribution in [1.82, 2.24) is 20.4 Å². The summed E-state index contributed by atoms with van der Waals surface area (Å²) in [6, 6.07) is 93.8. The number of allylic oxidation sites excluding steroid dienone is 1. The molecule has 12 rings (SSSR count). The second kappa shape index (κ2) is 44.3. The molecule has 3 unspecified atom stereocenters. The first-order valence-corrected chi connectivity index (χ1v) is 38.0. The normalized spacial score (nSPS) is 12.9. The van der Waals surface area contributed by atoms with Gasteiger partial charge in [0.05, 0.1) is 29.9 Å². The SMILES string of the molecule is C=C(C)C(=O)NC(=O)/C(=C/c1ccc(Cl)cc1)c1cccs1.C=C(CN(C)Cc1ccccc1)C(=O)C(Cc1ccc(Cl)cc1)c1ccccc1.C=C(CN(C)Cc1ccccc1)C(=O)C(Cc1ccc(Cl)cc1)c1ccccc1.Cl.O=C(/C(=C/c1ccc(Cl)cc1)c1ccccc1)C1CN=C(c2ccccc2)NC1. The number of amides is 2. The molecule has 560 valence electrons. The van der Waals surface area contributed by atoms with Crippen LogP contribution in [-0.4, -0.2) is 85.1 Å². The van der Waals surface area contributed by atoms with Gasteiger partial charge in [-0.1, -0.05) is 303 Å². The molecule has 1 aromatic heterocycles. The van der Waals surface area contributed by atoms with Crippen molar-refractivity contribution in [3.05, 3.63) is 414 Å². The fourth-order valence-corrected chi connectivity index (χ4v) is 13.3. The van der Waals surface area contributed by atoms with Gasteiger partial charge in [0.25, 0.3) is 11.8 Å². The average molecular weight is 1580 g/mol. The van der Waals surface area contributed by atoms with Gasteiger partial charge in [-0.15, -0.1) is 23.7 Å². The van der Waals surface area contributed by atoms with E-state index in [1.54, 1.807) is 25.1 Å². The lowest BCUT2D eigenvalue weighted by Gasteiger charge is -2.23. The van der Waals surface area contributed by atoms with Crippen LogP contribution in [-0.2, 0) is 49.9 Å². The number of rotatable bonds is 27. The van der Waals surface area contributed by atoms with E-state index in [0.717, 1.165) is 68.3 Å². The molecular weight excluding hydrogens is 1490 g/mol. The Morgan fingerprint density at radius 3 is 1.25 bits per heavy atom. The molecule has 0 spiro atoms. The topological polar surface area (TPSA) is 128 Å². The van der Waals surface area contributed by atoms with E-state index in [4.69, 9.17) is 46.4 Å². The number of amidine groups is 1. The van der Waals surface area contributed by atoms with Crippen molar-refractivity contribution in [1.29, 1.82) is 0 Å². The van der Waals surface area contributed by atoms with Gasteiger partial charge < -0.3 is 5.32 Å². The first-order valence-electron chi connectivity index (χ1n) is 35.6. The van der Waals surface area contributed by atoms with E-state index in [1.807, 2.05) is 280 Å². The van der Waals surface area contributed by atoms with Gasteiger partial charge >= 0.3 is 0 Å². The molecular formula is C94H88Cl5N5O5S. The van der Waals surface area contributed by atoms with Crippen LogP contribution < -0.4 is 10.6 Å². The van der Waals surface area contributed by atoms with Gasteiger partial charge in [0.2, 0.25) is 0 Å². The van der Waals surface area contributed by atoms with Crippen LogP contribution in [0.1, 0.15) is 79.3 Å². The van der Waals surface area contributed by atoms with E-state index < -0.39 is 11.8 Å². The quantitative estimate of drug-likeness (QED) is 0.0385. The van der Waals surface area contributed by atoms with E-state index in [2.05, 4.69) is 69.4 Å². The molecule has 0 aliphatic carbocycles. The summed E-state index contributed by atoms with van der Waals surface area (Å²) in [7, 11) is 4.03. The maximum Gasteiger partial charge on any atom is 0.259 e. The highest BCUT2D eigenvalue weighted by molar-refractivity contribution is 7.11. The Morgan fingerprint density at radius 1 is 0.482 bits per heavy atom. The summed E-state index contributed by atoms with van der Waals surface area (Å²) in [4.78, 5) is 73.8. The predicted octanol–water partition coefficient (Wildman–Crippen LogP) is 21.5. The molecule has 2 N–H and O–H groups in total. The average Bonchev–Trinajstić information content (AvgIpc) is 0.933. The van der Waals surface area contributed by atoms with Crippen LogP contribution in [0, 0.1) is 5.92 Å². The maximum atomic E-state index is 13.4. The zero-order valence-electron chi connectivity index (χ0n) is 61.7. The minimum absolute atomic E-state index is 0. The fraction of sp³-hybridized carbons (Fsp3) is 0.149. The summed E-state index contributed by atoms with van der Waals surface area (Å²) >= 11 is 25.3. The number of thiophene rings is 1. The minimum atomic E-state index is -0.483. The largest absolute Gasteiger partial charge is 0.369 e. The highest BCUT2D eigenvalue weighted by atomic mass is 35.5. The summed E-state index contributed by atoms with van der Waals surface area (Å²) in [5.41, 5.74) is 13.0. The van der Waals surface area contributed by atoms with Gasteiger partial charge in [0, 0.05) is 85.5 Å². The predicted molar refractivity (Wildman–Crippen MR) is 461 cm³/mol. The lowest BCUT2D eigenvalue weighted by atomic mass is 9.85. The Labute approximate surface area is 677 Å². The summed E-state index contributed by atoms with van der Waals surface area (Å²) in [5.74, 6) is -0.538. The van der Waals surface area contributed by atoms with E-state index in [-0.39, 0.29) is 53.1 Å². The van der Waals surface area contributed by atoms with Crippen molar-refractivity contribution in [3.63, 3.8) is 0 Å². The van der Waals surface area contributed by atoms with Crippen LogP contribution in [0.2, 0.25) is 20.1 Å². The number of aliphatic imine (C=N–C) groups is 1. The van der Waals surface area contributed by atoms with Crippen molar-refractivity contribution >= 4 is 128 Å². The molecule has 0 fully saturated rings. The molecule has 0 saturated carbocycles. The van der Waals surface area contributed by atoms with Gasteiger partial charge in [-0.05, 0) is 156 Å². The first-order chi connectivity index (χ1) is 52.7. The monoisotopic (exact) mass is 1570 g/mol. The summed E-state index contributed by atoms with van der Waals surface area (Å²) in [6.45, 7) is 17.0. The lowest BCUT2D eigenvalue weighted by Crippen LogP contribution is -2.40. The Morgan fingerprint density at radius 2 is 0.864 bits per heavy atom. The molecule has 110 heavy (non-hydrogen) atoms. The van der Waals surface area contributed by atoms with Crippen LogP contribution in [0.5, 0.6) is 0 Å². The van der Waals surface area contributed by atoms with Crippen LogP contribution in [0.4, 0.5) is 0 Å². The van der Waals surface area contributed by atoms with Crippen LogP contribution in [0.25, 0.3) is 23.3 Å². The second-order valence-electron chi connectivity index (χ2n) is 26.5. The van der Waals surface area contributed by atoms with Crippen LogP contribution in [0.3, 0.4) is 0 Å². The third-order valence-corrected chi connectivity index (χ3v) is 19.6. The maximum absolute atomic E-state index is 13.4.